The maximum atomic E-state index is 11.6. The van der Waals surface area contributed by atoms with E-state index < -0.39 is 0 Å². The molecule has 0 aromatic heterocycles. The number of benzene rings is 1. The van der Waals surface area contributed by atoms with Gasteiger partial charge >= 0.3 is 0 Å². The number of carbonyl (C=O) groups excluding carboxylic acids is 1. The number of likely N-dealkylation sites (N-methyl/N-ethyl adjacent to an activating group) is 1. The molecule has 0 heterocycles. The molecule has 1 rings (SSSR count). The smallest absolute Gasteiger partial charge is 0.243 e. The van der Waals surface area contributed by atoms with Crippen LogP contribution in [-0.2, 0) is 4.79 Å². The predicted molar refractivity (Wildman–Crippen MR) is 103 cm³/mol. The van der Waals surface area contributed by atoms with Crippen LogP contribution in [-0.4, -0.2) is 58.2 Å². The second-order valence-corrected chi connectivity index (χ2v) is 4.68. The summed E-state index contributed by atoms with van der Waals surface area (Å²) in [6, 6.07) is 5.46. The molecule has 23 heavy (non-hydrogen) atoms. The predicted octanol–water partition coefficient (Wildman–Crippen LogP) is 1.79. The van der Waals surface area contributed by atoms with Crippen LogP contribution in [0, 0.1) is 0 Å². The van der Waals surface area contributed by atoms with Crippen LogP contribution in [0.1, 0.15) is 6.92 Å². The van der Waals surface area contributed by atoms with Crippen molar-refractivity contribution in [3.05, 3.63) is 18.2 Å². The standard InChI is InChI=1S/C15H24N4O3.HI/c1-6-16-15(17-10-14(20)19(2)3)18-11-7-8-12(21-4)13(9-11)22-5;/h7-9H,6,10H2,1-5H3,(H2,16,17,18);1H. The van der Waals surface area contributed by atoms with Crippen molar-refractivity contribution in [3.63, 3.8) is 0 Å². The first kappa shape index (κ1) is 21.3. The van der Waals surface area contributed by atoms with E-state index in [1.807, 2.05) is 13.0 Å². The van der Waals surface area contributed by atoms with Crippen molar-refractivity contribution in [2.24, 2.45) is 4.99 Å². The van der Waals surface area contributed by atoms with Crippen LogP contribution in [0.2, 0.25) is 0 Å². The molecule has 8 heteroatoms. The Balaban J connectivity index is 0.00000484. The summed E-state index contributed by atoms with van der Waals surface area (Å²) in [6.07, 6.45) is 0. The molecule has 0 unspecified atom stereocenters. The number of amides is 1. The van der Waals surface area contributed by atoms with Gasteiger partial charge in [0.15, 0.2) is 17.5 Å². The molecule has 0 saturated carbocycles. The van der Waals surface area contributed by atoms with Crippen LogP contribution < -0.4 is 20.1 Å². The number of hydrogen-bond acceptors (Lipinski definition) is 4. The van der Waals surface area contributed by atoms with Crippen LogP contribution in [0.5, 0.6) is 11.5 Å². The van der Waals surface area contributed by atoms with E-state index in [1.165, 1.54) is 4.90 Å². The Morgan fingerprint density at radius 1 is 1.22 bits per heavy atom. The van der Waals surface area contributed by atoms with E-state index >= 15 is 0 Å². The zero-order chi connectivity index (χ0) is 16.5. The van der Waals surface area contributed by atoms with Crippen molar-refractivity contribution >= 4 is 41.5 Å². The Kier molecular flexibility index (Phi) is 10.1. The zero-order valence-electron chi connectivity index (χ0n) is 14.2. The zero-order valence-corrected chi connectivity index (χ0v) is 16.5. The molecule has 0 radical (unpaired) electrons. The lowest BCUT2D eigenvalue weighted by Crippen LogP contribution is -2.32. The number of halogens is 1. The van der Waals surface area contributed by atoms with Gasteiger partial charge in [-0.25, -0.2) is 4.99 Å². The van der Waals surface area contributed by atoms with Crippen LogP contribution in [0.4, 0.5) is 5.69 Å². The van der Waals surface area contributed by atoms with E-state index in [4.69, 9.17) is 9.47 Å². The number of guanidine groups is 1. The van der Waals surface area contributed by atoms with Crippen molar-refractivity contribution < 1.29 is 14.3 Å². The summed E-state index contributed by atoms with van der Waals surface area (Å²) < 4.78 is 10.5. The van der Waals surface area contributed by atoms with Gasteiger partial charge in [-0.05, 0) is 19.1 Å². The van der Waals surface area contributed by atoms with Gasteiger partial charge in [0.2, 0.25) is 5.91 Å². The van der Waals surface area contributed by atoms with E-state index in [9.17, 15) is 4.79 Å². The number of methoxy groups -OCH3 is 2. The molecular weight excluding hydrogens is 411 g/mol. The molecule has 0 aliphatic rings. The molecule has 1 amide bonds. The van der Waals surface area contributed by atoms with Gasteiger partial charge in [-0.15, -0.1) is 24.0 Å². The Morgan fingerprint density at radius 3 is 2.39 bits per heavy atom. The number of anilines is 1. The number of rotatable bonds is 6. The highest BCUT2D eigenvalue weighted by Gasteiger charge is 2.07. The third-order valence-electron chi connectivity index (χ3n) is 2.86. The van der Waals surface area contributed by atoms with E-state index in [0.29, 0.717) is 24.0 Å². The van der Waals surface area contributed by atoms with E-state index in [0.717, 1.165) is 5.69 Å². The van der Waals surface area contributed by atoms with Crippen molar-refractivity contribution in [1.29, 1.82) is 0 Å². The molecule has 1 aromatic rings. The summed E-state index contributed by atoms with van der Waals surface area (Å²) in [7, 11) is 6.57. The third-order valence-corrected chi connectivity index (χ3v) is 2.86. The molecule has 2 N–H and O–H groups in total. The molecule has 130 valence electrons. The third kappa shape index (κ3) is 6.93. The summed E-state index contributed by atoms with van der Waals surface area (Å²) >= 11 is 0. The lowest BCUT2D eigenvalue weighted by molar-refractivity contribution is -0.127. The molecule has 0 aliphatic heterocycles. The van der Waals surface area contributed by atoms with E-state index in [2.05, 4.69) is 15.6 Å². The van der Waals surface area contributed by atoms with Gasteiger partial charge in [-0.1, -0.05) is 0 Å². The number of ether oxygens (including phenoxy) is 2. The minimum absolute atomic E-state index is 0. The van der Waals surface area contributed by atoms with Gasteiger partial charge in [-0.3, -0.25) is 4.79 Å². The maximum Gasteiger partial charge on any atom is 0.243 e. The maximum absolute atomic E-state index is 11.6. The fraction of sp³-hybridized carbons (Fsp3) is 0.467. The van der Waals surface area contributed by atoms with Crippen molar-refractivity contribution in [2.45, 2.75) is 6.92 Å². The van der Waals surface area contributed by atoms with Crippen LogP contribution in [0.15, 0.2) is 23.2 Å². The SMILES string of the molecule is CCNC(=NCC(=O)N(C)C)Nc1ccc(OC)c(OC)c1.I. The highest BCUT2D eigenvalue weighted by Crippen LogP contribution is 2.29. The summed E-state index contributed by atoms with van der Waals surface area (Å²) in [6.45, 7) is 2.73. The second kappa shape index (κ2) is 10.9. The minimum Gasteiger partial charge on any atom is -0.493 e. The first-order valence-electron chi connectivity index (χ1n) is 6.99. The molecule has 0 saturated heterocycles. The van der Waals surface area contributed by atoms with Crippen LogP contribution >= 0.6 is 24.0 Å². The highest BCUT2D eigenvalue weighted by molar-refractivity contribution is 14.0. The summed E-state index contributed by atoms with van der Waals surface area (Å²) in [5.41, 5.74) is 0.787. The quantitative estimate of drug-likeness (QED) is 0.404. The monoisotopic (exact) mass is 436 g/mol. The molecule has 0 atom stereocenters. The van der Waals surface area contributed by atoms with Crippen molar-refractivity contribution in [1.82, 2.24) is 10.2 Å². The second-order valence-electron chi connectivity index (χ2n) is 4.68. The first-order chi connectivity index (χ1) is 10.5. The van der Waals surface area contributed by atoms with E-state index in [-0.39, 0.29) is 36.4 Å². The summed E-state index contributed by atoms with van der Waals surface area (Å²) in [5.74, 6) is 1.74. The molecular formula is C15H25IN4O3. The minimum atomic E-state index is -0.0653. The van der Waals surface area contributed by atoms with Gasteiger partial charge in [0.1, 0.15) is 6.54 Å². The fourth-order valence-corrected chi connectivity index (χ4v) is 1.65. The number of hydrogen-bond donors (Lipinski definition) is 2. The lowest BCUT2D eigenvalue weighted by Gasteiger charge is -2.14. The van der Waals surface area contributed by atoms with Gasteiger partial charge < -0.3 is 25.0 Å². The Hall–Kier alpha value is -1.71. The molecule has 0 bridgehead atoms. The summed E-state index contributed by atoms with van der Waals surface area (Å²) in [5, 5.41) is 6.22. The molecule has 0 aliphatic carbocycles. The molecule has 0 fully saturated rings. The lowest BCUT2D eigenvalue weighted by atomic mass is 10.3. The number of nitrogens with one attached hydrogen (secondary N) is 2. The van der Waals surface area contributed by atoms with Crippen molar-refractivity contribution in [2.75, 3.05) is 46.7 Å². The van der Waals surface area contributed by atoms with Gasteiger partial charge in [0.25, 0.3) is 0 Å². The molecule has 1 aromatic carbocycles. The van der Waals surface area contributed by atoms with Crippen LogP contribution in [0.3, 0.4) is 0 Å². The van der Waals surface area contributed by atoms with Gasteiger partial charge in [0, 0.05) is 32.4 Å². The first-order valence-corrected chi connectivity index (χ1v) is 6.99. The van der Waals surface area contributed by atoms with Gasteiger partial charge in [-0.2, -0.15) is 0 Å². The van der Waals surface area contributed by atoms with E-state index in [1.54, 1.807) is 40.4 Å². The topological polar surface area (TPSA) is 75.2 Å². The average molecular weight is 436 g/mol. The number of aliphatic imine (C=N–C) groups is 1. The fourth-order valence-electron chi connectivity index (χ4n) is 1.65. The highest BCUT2D eigenvalue weighted by atomic mass is 127. The molecule has 7 nitrogen and oxygen atoms in total. The Morgan fingerprint density at radius 2 is 1.87 bits per heavy atom. The molecule has 0 spiro atoms. The van der Waals surface area contributed by atoms with Gasteiger partial charge in [0.05, 0.1) is 14.2 Å². The summed E-state index contributed by atoms with van der Waals surface area (Å²) in [4.78, 5) is 17.4. The Bertz CT molecular complexity index is 535. The van der Waals surface area contributed by atoms with Crippen LogP contribution in [0.25, 0.3) is 0 Å². The average Bonchev–Trinajstić information content (AvgIpc) is 2.52. The largest absolute Gasteiger partial charge is 0.493 e. The number of carbonyl (C=O) groups is 1. The number of nitrogens with zero attached hydrogens (tertiary/aromatic N) is 2. The van der Waals surface area contributed by atoms with Crippen molar-refractivity contribution in [3.8, 4) is 11.5 Å². The Labute approximate surface area is 154 Å². The normalized spacial score (nSPS) is 10.4.